The Balaban J connectivity index is 2.66. The lowest BCUT2D eigenvalue weighted by Crippen LogP contribution is -2.52. The highest BCUT2D eigenvalue weighted by molar-refractivity contribution is 7.88. The molecule has 0 aromatic heterocycles. The van der Waals surface area contributed by atoms with Crippen LogP contribution in [0.1, 0.15) is 6.92 Å². The summed E-state index contributed by atoms with van der Waals surface area (Å²) in [6, 6.07) is -0.0269. The molecule has 0 bridgehead atoms. The van der Waals surface area contributed by atoms with Crippen LogP contribution in [0.5, 0.6) is 0 Å². The van der Waals surface area contributed by atoms with E-state index in [0.29, 0.717) is 19.6 Å². The van der Waals surface area contributed by atoms with Gasteiger partial charge in [-0.15, -0.1) is 0 Å². The number of piperazine rings is 1. The van der Waals surface area contributed by atoms with Crippen molar-refractivity contribution in [1.82, 2.24) is 9.21 Å². The molecular weight excluding hydrogens is 192 g/mol. The number of sulfonamides is 1. The molecule has 0 aromatic rings. The molecule has 13 heavy (non-hydrogen) atoms. The smallest absolute Gasteiger partial charge is 0.211 e. The summed E-state index contributed by atoms with van der Waals surface area (Å²) in [4.78, 5) is 12.1. The molecule has 0 unspecified atom stereocenters. The van der Waals surface area contributed by atoms with Gasteiger partial charge < -0.3 is 4.90 Å². The van der Waals surface area contributed by atoms with Gasteiger partial charge in [0.05, 0.1) is 6.26 Å². The van der Waals surface area contributed by atoms with Crippen LogP contribution in [0.2, 0.25) is 0 Å². The molecule has 0 aliphatic carbocycles. The molecule has 5 nitrogen and oxygen atoms in total. The van der Waals surface area contributed by atoms with Gasteiger partial charge in [-0.2, -0.15) is 4.31 Å². The van der Waals surface area contributed by atoms with Gasteiger partial charge in [-0.05, 0) is 6.92 Å². The van der Waals surface area contributed by atoms with Gasteiger partial charge in [0.15, 0.2) is 0 Å². The van der Waals surface area contributed by atoms with Crippen LogP contribution in [0.15, 0.2) is 0 Å². The summed E-state index contributed by atoms with van der Waals surface area (Å²) in [6.07, 6.45) is 1.96. The van der Waals surface area contributed by atoms with Gasteiger partial charge in [-0.3, -0.25) is 4.79 Å². The van der Waals surface area contributed by atoms with Crippen molar-refractivity contribution < 1.29 is 13.2 Å². The lowest BCUT2D eigenvalue weighted by Gasteiger charge is -2.36. The van der Waals surface area contributed by atoms with Crippen molar-refractivity contribution >= 4 is 16.4 Å². The van der Waals surface area contributed by atoms with E-state index >= 15 is 0 Å². The van der Waals surface area contributed by atoms with Gasteiger partial charge in [-0.1, -0.05) is 0 Å². The number of hydrogen-bond acceptors (Lipinski definition) is 3. The predicted molar refractivity (Wildman–Crippen MR) is 48.6 cm³/mol. The molecule has 1 rings (SSSR count). The van der Waals surface area contributed by atoms with Crippen molar-refractivity contribution in [2.75, 3.05) is 25.9 Å². The SMILES string of the molecule is C[C@H]1CN(S(C)(=O)=O)CCN1C=O. The van der Waals surface area contributed by atoms with Gasteiger partial charge in [0.1, 0.15) is 0 Å². The average molecular weight is 206 g/mol. The van der Waals surface area contributed by atoms with Crippen molar-refractivity contribution in [3.05, 3.63) is 0 Å². The first-order valence-corrected chi connectivity index (χ1v) is 5.96. The summed E-state index contributed by atoms with van der Waals surface area (Å²) in [5.41, 5.74) is 0. The minimum Gasteiger partial charge on any atom is -0.340 e. The van der Waals surface area contributed by atoms with Crippen molar-refractivity contribution in [1.29, 1.82) is 0 Å². The van der Waals surface area contributed by atoms with Crippen LogP contribution < -0.4 is 0 Å². The fourth-order valence-corrected chi connectivity index (χ4v) is 2.30. The summed E-state index contributed by atoms with van der Waals surface area (Å²) in [6.45, 7) is 3.13. The topological polar surface area (TPSA) is 57.7 Å². The Kier molecular flexibility index (Phi) is 2.92. The third-order valence-electron chi connectivity index (χ3n) is 2.25. The van der Waals surface area contributed by atoms with Gasteiger partial charge >= 0.3 is 0 Å². The monoisotopic (exact) mass is 206 g/mol. The molecule has 0 N–H and O–H groups in total. The highest BCUT2D eigenvalue weighted by atomic mass is 32.2. The van der Waals surface area contributed by atoms with Gasteiger partial charge in [0, 0.05) is 25.7 Å². The van der Waals surface area contributed by atoms with Gasteiger partial charge in [0.2, 0.25) is 16.4 Å². The Labute approximate surface area is 78.4 Å². The molecule has 1 aliphatic heterocycles. The molecule has 1 atom stereocenters. The molecule has 0 radical (unpaired) electrons. The molecule has 1 amide bonds. The highest BCUT2D eigenvalue weighted by Crippen LogP contribution is 2.09. The van der Waals surface area contributed by atoms with E-state index in [0.717, 1.165) is 6.41 Å². The van der Waals surface area contributed by atoms with E-state index in [1.807, 2.05) is 6.92 Å². The van der Waals surface area contributed by atoms with Crippen LogP contribution >= 0.6 is 0 Å². The lowest BCUT2D eigenvalue weighted by atomic mass is 10.2. The molecule has 1 saturated heterocycles. The Bertz CT molecular complexity index is 288. The molecule has 0 aromatic carbocycles. The highest BCUT2D eigenvalue weighted by Gasteiger charge is 2.27. The molecule has 0 spiro atoms. The summed E-state index contributed by atoms with van der Waals surface area (Å²) in [5.74, 6) is 0. The lowest BCUT2D eigenvalue weighted by molar-refractivity contribution is -0.121. The minimum absolute atomic E-state index is 0.0269. The summed E-state index contributed by atoms with van der Waals surface area (Å²) in [5, 5.41) is 0. The van der Waals surface area contributed by atoms with Gasteiger partial charge in [-0.25, -0.2) is 8.42 Å². The Morgan fingerprint density at radius 1 is 1.38 bits per heavy atom. The maximum Gasteiger partial charge on any atom is 0.211 e. The fourth-order valence-electron chi connectivity index (χ4n) is 1.40. The van der Waals surface area contributed by atoms with E-state index in [1.165, 1.54) is 10.6 Å². The molecular formula is C7H14N2O3S. The zero-order valence-corrected chi connectivity index (χ0v) is 8.62. The summed E-state index contributed by atoms with van der Waals surface area (Å²) < 4.78 is 23.7. The number of nitrogens with zero attached hydrogens (tertiary/aromatic N) is 2. The van der Waals surface area contributed by atoms with Crippen LogP contribution in [0.25, 0.3) is 0 Å². The fraction of sp³-hybridized carbons (Fsp3) is 0.857. The minimum atomic E-state index is -3.10. The normalized spacial score (nSPS) is 26.0. The summed E-state index contributed by atoms with van der Waals surface area (Å²) >= 11 is 0. The molecule has 1 fully saturated rings. The molecule has 1 aliphatic rings. The van der Waals surface area contributed by atoms with Gasteiger partial charge in [0.25, 0.3) is 0 Å². The van der Waals surface area contributed by atoms with E-state index in [9.17, 15) is 13.2 Å². The second-order valence-electron chi connectivity index (χ2n) is 3.31. The molecule has 0 saturated carbocycles. The number of hydrogen-bond donors (Lipinski definition) is 0. The third kappa shape index (κ3) is 2.41. The third-order valence-corrected chi connectivity index (χ3v) is 3.52. The molecule has 6 heteroatoms. The second kappa shape index (κ2) is 3.63. The first-order valence-electron chi connectivity index (χ1n) is 4.11. The number of rotatable bonds is 2. The second-order valence-corrected chi connectivity index (χ2v) is 5.30. The van der Waals surface area contributed by atoms with Crippen LogP contribution in [0.4, 0.5) is 0 Å². The number of carbonyl (C=O) groups is 1. The Morgan fingerprint density at radius 3 is 2.38 bits per heavy atom. The zero-order chi connectivity index (χ0) is 10.1. The van der Waals surface area contributed by atoms with Crippen LogP contribution in [-0.4, -0.2) is 56.0 Å². The first-order chi connectivity index (χ1) is 5.95. The first kappa shape index (κ1) is 10.5. The van der Waals surface area contributed by atoms with Crippen molar-refractivity contribution in [2.45, 2.75) is 13.0 Å². The summed E-state index contributed by atoms with van der Waals surface area (Å²) in [7, 11) is -3.10. The Hall–Kier alpha value is -0.620. The van der Waals surface area contributed by atoms with E-state index in [2.05, 4.69) is 0 Å². The van der Waals surface area contributed by atoms with E-state index < -0.39 is 10.0 Å². The van der Waals surface area contributed by atoms with E-state index in [4.69, 9.17) is 0 Å². The van der Waals surface area contributed by atoms with E-state index in [-0.39, 0.29) is 6.04 Å². The maximum absolute atomic E-state index is 11.1. The number of carbonyl (C=O) groups excluding carboxylic acids is 1. The number of amides is 1. The standard InChI is InChI=1S/C7H14N2O3S/c1-7-5-9(13(2,11)12)4-3-8(7)6-10/h6-7H,3-5H2,1-2H3/t7-/m0/s1. The Morgan fingerprint density at radius 2 is 2.00 bits per heavy atom. The van der Waals surface area contributed by atoms with Crippen molar-refractivity contribution in [3.8, 4) is 0 Å². The predicted octanol–water partition coefficient (Wildman–Crippen LogP) is -0.891. The molecule has 1 heterocycles. The maximum atomic E-state index is 11.1. The largest absolute Gasteiger partial charge is 0.340 e. The van der Waals surface area contributed by atoms with Crippen LogP contribution in [0, 0.1) is 0 Å². The molecule has 76 valence electrons. The van der Waals surface area contributed by atoms with Crippen LogP contribution in [0.3, 0.4) is 0 Å². The van der Waals surface area contributed by atoms with Crippen molar-refractivity contribution in [3.63, 3.8) is 0 Å². The quantitative estimate of drug-likeness (QED) is 0.551. The van der Waals surface area contributed by atoms with Crippen LogP contribution in [-0.2, 0) is 14.8 Å². The average Bonchev–Trinajstić information content (AvgIpc) is 2.02. The van der Waals surface area contributed by atoms with E-state index in [1.54, 1.807) is 4.90 Å². The zero-order valence-electron chi connectivity index (χ0n) is 7.80. The van der Waals surface area contributed by atoms with Crippen molar-refractivity contribution in [2.24, 2.45) is 0 Å².